The van der Waals surface area contributed by atoms with Crippen molar-refractivity contribution in [3.8, 4) is 11.5 Å². The van der Waals surface area contributed by atoms with E-state index in [9.17, 15) is 14.7 Å². The van der Waals surface area contributed by atoms with Crippen LogP contribution < -0.4 is 14.8 Å². The molecule has 1 fully saturated rings. The fourth-order valence-corrected chi connectivity index (χ4v) is 5.31. The molecule has 0 bridgehead atoms. The molecule has 138 valence electrons. The van der Waals surface area contributed by atoms with Gasteiger partial charge in [0.15, 0.2) is 0 Å². The minimum Gasteiger partial charge on any atom is -0.497 e. The van der Waals surface area contributed by atoms with Crippen LogP contribution in [0, 0.1) is 0 Å². The summed E-state index contributed by atoms with van der Waals surface area (Å²) in [6, 6.07) is 4.50. The Morgan fingerprint density at radius 2 is 2.12 bits per heavy atom. The lowest BCUT2D eigenvalue weighted by Crippen LogP contribution is -2.33. The van der Waals surface area contributed by atoms with Gasteiger partial charge >= 0.3 is 5.97 Å². The van der Waals surface area contributed by atoms with Crippen molar-refractivity contribution in [2.75, 3.05) is 31.5 Å². The second-order valence-electron chi connectivity index (χ2n) is 5.60. The maximum Gasteiger partial charge on any atom is 0.305 e. The highest BCUT2D eigenvalue weighted by Gasteiger charge is 2.24. The zero-order chi connectivity index (χ0) is 18.2. The fraction of sp³-hybridized carbons (Fsp3) is 0.529. The van der Waals surface area contributed by atoms with Gasteiger partial charge in [0.25, 0.3) is 0 Å². The second-order valence-corrected chi connectivity index (χ2v) is 8.16. The zero-order valence-electron chi connectivity index (χ0n) is 14.3. The topological polar surface area (TPSA) is 84.9 Å². The highest BCUT2D eigenvalue weighted by Crippen LogP contribution is 2.32. The molecule has 1 aliphatic rings. The van der Waals surface area contributed by atoms with Gasteiger partial charge in [-0.3, -0.25) is 9.59 Å². The van der Waals surface area contributed by atoms with E-state index in [4.69, 9.17) is 9.47 Å². The van der Waals surface area contributed by atoms with Crippen LogP contribution in [0.2, 0.25) is 0 Å². The predicted octanol–water partition coefficient (Wildman–Crippen LogP) is 2.57. The van der Waals surface area contributed by atoms with Crippen molar-refractivity contribution in [1.82, 2.24) is 5.32 Å². The number of carbonyl (C=O) groups excluding carboxylic acids is 1. The molecule has 8 heteroatoms. The van der Waals surface area contributed by atoms with Gasteiger partial charge in [0.05, 0.1) is 26.7 Å². The van der Waals surface area contributed by atoms with Crippen molar-refractivity contribution in [3.05, 3.63) is 23.8 Å². The van der Waals surface area contributed by atoms with Crippen molar-refractivity contribution in [1.29, 1.82) is 0 Å². The molecule has 25 heavy (non-hydrogen) atoms. The van der Waals surface area contributed by atoms with Crippen LogP contribution in [0.5, 0.6) is 11.5 Å². The van der Waals surface area contributed by atoms with Gasteiger partial charge < -0.3 is 19.9 Å². The van der Waals surface area contributed by atoms with Crippen LogP contribution in [-0.4, -0.2) is 53.7 Å². The van der Waals surface area contributed by atoms with Crippen LogP contribution in [0.15, 0.2) is 18.2 Å². The lowest BCUT2D eigenvalue weighted by atomic mass is 10.0. The van der Waals surface area contributed by atoms with E-state index in [1.807, 2.05) is 11.8 Å². The molecule has 2 rings (SSSR count). The molecule has 1 heterocycles. The monoisotopic (exact) mass is 385 g/mol. The number of carboxylic acid groups (broad SMARTS) is 1. The number of amides is 1. The first kappa shape index (κ1) is 19.8. The fourth-order valence-electron chi connectivity index (χ4n) is 2.63. The van der Waals surface area contributed by atoms with Crippen molar-refractivity contribution in [2.45, 2.75) is 24.1 Å². The Bertz CT molecular complexity index is 605. The smallest absolute Gasteiger partial charge is 0.305 e. The number of aliphatic carboxylic acids is 1. The Morgan fingerprint density at radius 3 is 2.72 bits per heavy atom. The first-order valence-electron chi connectivity index (χ1n) is 7.96. The van der Waals surface area contributed by atoms with E-state index in [1.54, 1.807) is 37.1 Å². The Morgan fingerprint density at radius 1 is 1.32 bits per heavy atom. The van der Waals surface area contributed by atoms with Crippen molar-refractivity contribution >= 4 is 35.4 Å². The molecule has 1 aliphatic heterocycles. The van der Waals surface area contributed by atoms with E-state index >= 15 is 0 Å². The summed E-state index contributed by atoms with van der Waals surface area (Å²) in [6.07, 6.45) is 0.188. The summed E-state index contributed by atoms with van der Waals surface area (Å²) < 4.78 is 10.5. The van der Waals surface area contributed by atoms with Crippen LogP contribution in [-0.2, 0) is 9.59 Å². The highest BCUT2D eigenvalue weighted by atomic mass is 32.2. The summed E-state index contributed by atoms with van der Waals surface area (Å²) in [7, 11) is 3.05. The number of thioether (sulfide) groups is 2. The molecule has 0 spiro atoms. The van der Waals surface area contributed by atoms with Gasteiger partial charge in [-0.2, -0.15) is 23.5 Å². The summed E-state index contributed by atoms with van der Waals surface area (Å²) in [4.78, 5) is 23.7. The van der Waals surface area contributed by atoms with Gasteiger partial charge in [-0.1, -0.05) is 0 Å². The molecule has 0 aliphatic carbocycles. The first-order chi connectivity index (χ1) is 12.0. The van der Waals surface area contributed by atoms with E-state index in [1.165, 1.54) is 7.11 Å². The van der Waals surface area contributed by atoms with Gasteiger partial charge in [0.1, 0.15) is 11.5 Å². The standard InChI is InChI=1S/C17H23NO5S2/c1-22-11-3-4-13(15(7-11)23-2)14(9-17(20)21)18-16(19)8-12-10-24-5-6-25-12/h3-4,7,12,14H,5-6,8-10H2,1-2H3,(H,18,19)(H,20,21). The van der Waals surface area contributed by atoms with Crippen LogP contribution >= 0.6 is 23.5 Å². The molecule has 0 radical (unpaired) electrons. The van der Waals surface area contributed by atoms with Crippen LogP contribution in [0.4, 0.5) is 0 Å². The van der Waals surface area contributed by atoms with Gasteiger partial charge in [-0.25, -0.2) is 0 Å². The Kier molecular flexibility index (Phi) is 7.77. The van der Waals surface area contributed by atoms with E-state index < -0.39 is 12.0 Å². The third kappa shape index (κ3) is 6.04. The largest absolute Gasteiger partial charge is 0.497 e. The molecule has 1 aromatic rings. The predicted molar refractivity (Wildman–Crippen MR) is 101 cm³/mol. The molecule has 1 amide bonds. The van der Waals surface area contributed by atoms with E-state index in [2.05, 4.69) is 5.32 Å². The summed E-state index contributed by atoms with van der Waals surface area (Å²) in [5.41, 5.74) is 0.629. The molecule has 2 atom stereocenters. The van der Waals surface area contributed by atoms with Crippen LogP contribution in [0.25, 0.3) is 0 Å². The van der Waals surface area contributed by atoms with Gasteiger partial charge in [-0.15, -0.1) is 0 Å². The lowest BCUT2D eigenvalue weighted by molar-refractivity contribution is -0.137. The number of ether oxygens (including phenoxy) is 2. The van der Waals surface area contributed by atoms with E-state index in [-0.39, 0.29) is 17.6 Å². The maximum atomic E-state index is 12.4. The highest BCUT2D eigenvalue weighted by molar-refractivity contribution is 8.06. The summed E-state index contributed by atoms with van der Waals surface area (Å²) in [5.74, 6) is 3.11. The molecule has 1 aromatic carbocycles. The molecule has 2 N–H and O–H groups in total. The van der Waals surface area contributed by atoms with Crippen molar-refractivity contribution < 1.29 is 24.2 Å². The SMILES string of the molecule is COc1ccc(C(CC(=O)O)NC(=O)CC2CSCCS2)c(OC)c1. The number of carboxylic acids is 1. The number of hydrogen-bond acceptors (Lipinski definition) is 6. The summed E-state index contributed by atoms with van der Waals surface area (Å²) in [6.45, 7) is 0. The minimum atomic E-state index is -0.981. The Labute approximate surface area is 156 Å². The lowest BCUT2D eigenvalue weighted by Gasteiger charge is -2.23. The summed E-state index contributed by atoms with van der Waals surface area (Å²) in [5, 5.41) is 12.4. The zero-order valence-corrected chi connectivity index (χ0v) is 16.0. The Balaban J connectivity index is 2.12. The van der Waals surface area contributed by atoms with Gasteiger partial charge in [0, 0.05) is 40.6 Å². The van der Waals surface area contributed by atoms with Crippen LogP contribution in [0.3, 0.4) is 0 Å². The Hall–Kier alpha value is -1.54. The number of benzene rings is 1. The van der Waals surface area contributed by atoms with Gasteiger partial charge in [-0.05, 0) is 12.1 Å². The molecule has 0 aromatic heterocycles. The number of rotatable bonds is 8. The first-order valence-corrected chi connectivity index (χ1v) is 10.2. The third-order valence-electron chi connectivity index (χ3n) is 3.83. The molecule has 2 unspecified atom stereocenters. The van der Waals surface area contributed by atoms with Crippen LogP contribution in [0.1, 0.15) is 24.4 Å². The average molecular weight is 386 g/mol. The van der Waals surface area contributed by atoms with E-state index in [0.29, 0.717) is 23.5 Å². The molecular formula is C17H23NO5S2. The second kappa shape index (κ2) is 9.82. The quantitative estimate of drug-likeness (QED) is 0.711. The molecular weight excluding hydrogens is 362 g/mol. The number of nitrogens with one attached hydrogen (secondary N) is 1. The number of hydrogen-bond donors (Lipinski definition) is 2. The molecule has 6 nitrogen and oxygen atoms in total. The molecule has 1 saturated heterocycles. The summed E-state index contributed by atoms with van der Waals surface area (Å²) >= 11 is 3.65. The average Bonchev–Trinajstić information content (AvgIpc) is 2.61. The molecule has 0 saturated carbocycles. The van der Waals surface area contributed by atoms with E-state index in [0.717, 1.165) is 17.3 Å². The number of methoxy groups -OCH3 is 2. The van der Waals surface area contributed by atoms with Gasteiger partial charge in [0.2, 0.25) is 5.91 Å². The normalized spacial score (nSPS) is 18.2. The minimum absolute atomic E-state index is 0.135. The number of carbonyl (C=O) groups is 2. The van der Waals surface area contributed by atoms with Crippen molar-refractivity contribution in [2.24, 2.45) is 0 Å². The third-order valence-corrected chi connectivity index (χ3v) is 6.67. The van der Waals surface area contributed by atoms with Crippen molar-refractivity contribution in [3.63, 3.8) is 0 Å². The maximum absolute atomic E-state index is 12.4.